The number of ketones is 1. The normalized spacial score (nSPS) is 20.5. The number of carbonyl (C=O) groups is 2. The van der Waals surface area contributed by atoms with E-state index in [0.29, 0.717) is 31.8 Å². The smallest absolute Gasteiger partial charge is 0.237 e. The van der Waals surface area contributed by atoms with Crippen LogP contribution in [0.1, 0.15) is 51.6 Å². The number of nitrogens with zero attached hydrogens (tertiary/aromatic N) is 1. The quantitative estimate of drug-likeness (QED) is 0.784. The van der Waals surface area contributed by atoms with Gasteiger partial charge in [0.05, 0.1) is 25.2 Å². The van der Waals surface area contributed by atoms with E-state index in [1.165, 1.54) is 0 Å². The summed E-state index contributed by atoms with van der Waals surface area (Å²) >= 11 is 0. The van der Waals surface area contributed by atoms with E-state index in [4.69, 9.17) is 10.2 Å². The molecule has 1 aliphatic rings. The molecule has 140 valence electrons. The van der Waals surface area contributed by atoms with Crippen LogP contribution in [0.3, 0.4) is 0 Å². The Bertz CT molecular complexity index is 582. The summed E-state index contributed by atoms with van der Waals surface area (Å²) in [6, 6.07) is 2.97. The van der Waals surface area contributed by atoms with Gasteiger partial charge < -0.3 is 15.5 Å². The van der Waals surface area contributed by atoms with E-state index in [1.54, 1.807) is 0 Å². The third-order valence-electron chi connectivity index (χ3n) is 4.56. The SMILES string of the molecule is CCc1ccc(CN2CCCC(NC(=O)[C@@H](N)CC(C)C)C(=O)C2)o1. The molecule has 0 aliphatic carbocycles. The van der Waals surface area contributed by atoms with Gasteiger partial charge in [-0.15, -0.1) is 0 Å². The number of hydrogen-bond acceptors (Lipinski definition) is 5. The molecule has 2 rings (SSSR count). The van der Waals surface area contributed by atoms with Crippen LogP contribution >= 0.6 is 0 Å². The molecule has 2 atom stereocenters. The molecule has 0 spiro atoms. The minimum atomic E-state index is -0.553. The van der Waals surface area contributed by atoms with Crippen LogP contribution in [0.2, 0.25) is 0 Å². The third-order valence-corrected chi connectivity index (χ3v) is 4.56. The molecule has 1 aromatic rings. The molecule has 1 saturated heterocycles. The van der Waals surface area contributed by atoms with Crippen LogP contribution in [0.25, 0.3) is 0 Å². The summed E-state index contributed by atoms with van der Waals surface area (Å²) in [6.07, 6.45) is 3.01. The first-order valence-electron chi connectivity index (χ1n) is 9.27. The van der Waals surface area contributed by atoms with Crippen LogP contribution < -0.4 is 11.1 Å². The maximum Gasteiger partial charge on any atom is 0.237 e. The molecule has 1 aromatic heterocycles. The zero-order chi connectivity index (χ0) is 18.4. The molecule has 1 aliphatic heterocycles. The second-order valence-electron chi connectivity index (χ2n) is 7.34. The van der Waals surface area contributed by atoms with Gasteiger partial charge in [-0.3, -0.25) is 14.5 Å². The standard InChI is InChI=1S/C19H31N3O3/c1-4-14-7-8-15(25-14)11-22-9-5-6-17(18(23)12-22)21-19(24)16(20)10-13(2)3/h7-8,13,16-17H,4-6,9-12,20H2,1-3H3,(H,21,24)/t16-,17?/m0/s1. The van der Waals surface area contributed by atoms with E-state index < -0.39 is 12.1 Å². The highest BCUT2D eigenvalue weighted by Crippen LogP contribution is 2.15. The Morgan fingerprint density at radius 1 is 1.40 bits per heavy atom. The number of Topliss-reactive ketones (excluding diaryl/α,β-unsaturated/α-hetero) is 1. The topological polar surface area (TPSA) is 88.6 Å². The van der Waals surface area contributed by atoms with Gasteiger partial charge in [-0.1, -0.05) is 20.8 Å². The van der Waals surface area contributed by atoms with Crippen LogP contribution in [-0.2, 0) is 22.6 Å². The molecule has 0 radical (unpaired) electrons. The summed E-state index contributed by atoms with van der Waals surface area (Å²) in [6.45, 7) is 7.88. The summed E-state index contributed by atoms with van der Waals surface area (Å²) in [5.74, 6) is 2.01. The van der Waals surface area contributed by atoms with Crippen molar-refractivity contribution in [3.05, 3.63) is 23.7 Å². The minimum Gasteiger partial charge on any atom is -0.465 e. The first-order valence-corrected chi connectivity index (χ1v) is 9.27. The van der Waals surface area contributed by atoms with E-state index in [9.17, 15) is 9.59 Å². The lowest BCUT2D eigenvalue weighted by Gasteiger charge is -2.20. The average Bonchev–Trinajstić information content (AvgIpc) is 2.93. The molecular formula is C19H31N3O3. The van der Waals surface area contributed by atoms with Crippen molar-refractivity contribution in [3.8, 4) is 0 Å². The van der Waals surface area contributed by atoms with Crippen LogP contribution in [0.5, 0.6) is 0 Å². The Kier molecular flexibility index (Phi) is 7.20. The molecule has 0 aromatic carbocycles. The molecule has 0 saturated carbocycles. The summed E-state index contributed by atoms with van der Waals surface area (Å²) in [4.78, 5) is 26.8. The predicted molar refractivity (Wildman–Crippen MR) is 97.0 cm³/mol. The monoisotopic (exact) mass is 349 g/mol. The molecule has 6 heteroatoms. The van der Waals surface area contributed by atoms with Crippen molar-refractivity contribution in [2.45, 2.75) is 65.1 Å². The first-order chi connectivity index (χ1) is 11.9. The molecule has 0 bridgehead atoms. The van der Waals surface area contributed by atoms with Crippen molar-refractivity contribution in [3.63, 3.8) is 0 Å². The second-order valence-corrected chi connectivity index (χ2v) is 7.34. The zero-order valence-corrected chi connectivity index (χ0v) is 15.6. The van der Waals surface area contributed by atoms with E-state index in [0.717, 1.165) is 30.9 Å². The maximum absolute atomic E-state index is 12.5. The first kappa shape index (κ1) is 19.7. The summed E-state index contributed by atoms with van der Waals surface area (Å²) < 4.78 is 5.73. The van der Waals surface area contributed by atoms with Crippen LogP contribution in [0, 0.1) is 5.92 Å². The van der Waals surface area contributed by atoms with Gasteiger partial charge in [0.2, 0.25) is 5.91 Å². The minimum absolute atomic E-state index is 0.0462. The Labute approximate surface area is 150 Å². The number of nitrogens with two attached hydrogens (primary N) is 1. The predicted octanol–water partition coefficient (Wildman–Crippen LogP) is 1.87. The number of amides is 1. The van der Waals surface area contributed by atoms with Gasteiger partial charge in [-0.2, -0.15) is 0 Å². The van der Waals surface area contributed by atoms with E-state index in [1.807, 2.05) is 26.0 Å². The molecule has 25 heavy (non-hydrogen) atoms. The van der Waals surface area contributed by atoms with Crippen LogP contribution in [-0.4, -0.2) is 41.8 Å². The number of aryl methyl sites for hydroxylation is 1. The molecule has 6 nitrogen and oxygen atoms in total. The van der Waals surface area contributed by atoms with Crippen LogP contribution in [0.4, 0.5) is 0 Å². The largest absolute Gasteiger partial charge is 0.465 e. The molecule has 1 amide bonds. The number of rotatable bonds is 7. The van der Waals surface area contributed by atoms with Gasteiger partial charge in [0.15, 0.2) is 5.78 Å². The summed E-state index contributed by atoms with van der Waals surface area (Å²) in [7, 11) is 0. The molecule has 1 fully saturated rings. The molecular weight excluding hydrogens is 318 g/mol. The van der Waals surface area contributed by atoms with Gasteiger partial charge in [-0.25, -0.2) is 0 Å². The van der Waals surface area contributed by atoms with Crippen molar-refractivity contribution >= 4 is 11.7 Å². The van der Waals surface area contributed by atoms with Gasteiger partial charge in [-0.05, 0) is 43.9 Å². The van der Waals surface area contributed by atoms with Crippen molar-refractivity contribution in [2.24, 2.45) is 11.7 Å². The van der Waals surface area contributed by atoms with Crippen molar-refractivity contribution in [1.29, 1.82) is 0 Å². The number of hydrogen-bond donors (Lipinski definition) is 2. The second kappa shape index (κ2) is 9.15. The van der Waals surface area contributed by atoms with Gasteiger partial charge in [0.1, 0.15) is 11.5 Å². The number of carbonyl (C=O) groups excluding carboxylic acids is 2. The summed E-state index contributed by atoms with van der Waals surface area (Å²) in [5.41, 5.74) is 5.92. The zero-order valence-electron chi connectivity index (χ0n) is 15.6. The van der Waals surface area contributed by atoms with Crippen molar-refractivity contribution < 1.29 is 14.0 Å². The number of likely N-dealkylation sites (tertiary alicyclic amines) is 1. The molecule has 3 N–H and O–H groups in total. The fourth-order valence-corrected chi connectivity index (χ4v) is 3.19. The van der Waals surface area contributed by atoms with Gasteiger partial charge >= 0.3 is 0 Å². The van der Waals surface area contributed by atoms with Crippen molar-refractivity contribution in [2.75, 3.05) is 13.1 Å². The van der Waals surface area contributed by atoms with E-state index in [2.05, 4.69) is 17.1 Å². The Hall–Kier alpha value is -1.66. The van der Waals surface area contributed by atoms with Gasteiger partial charge in [0.25, 0.3) is 0 Å². The van der Waals surface area contributed by atoms with E-state index >= 15 is 0 Å². The fraction of sp³-hybridized carbons (Fsp3) is 0.684. The highest BCUT2D eigenvalue weighted by Gasteiger charge is 2.28. The lowest BCUT2D eigenvalue weighted by Crippen LogP contribution is -2.49. The Balaban J connectivity index is 1.88. The lowest BCUT2D eigenvalue weighted by molar-refractivity contribution is -0.129. The maximum atomic E-state index is 12.5. The van der Waals surface area contributed by atoms with Gasteiger partial charge in [0, 0.05) is 6.42 Å². The Morgan fingerprint density at radius 2 is 2.12 bits per heavy atom. The highest BCUT2D eigenvalue weighted by atomic mass is 16.3. The number of nitrogens with one attached hydrogen (secondary N) is 1. The Morgan fingerprint density at radius 3 is 2.76 bits per heavy atom. The third kappa shape index (κ3) is 5.97. The van der Waals surface area contributed by atoms with Crippen LogP contribution in [0.15, 0.2) is 16.5 Å². The van der Waals surface area contributed by atoms with Crippen molar-refractivity contribution in [1.82, 2.24) is 10.2 Å². The fourth-order valence-electron chi connectivity index (χ4n) is 3.19. The number of furan rings is 1. The average molecular weight is 349 g/mol. The van der Waals surface area contributed by atoms with E-state index in [-0.39, 0.29) is 11.7 Å². The lowest BCUT2D eigenvalue weighted by atomic mass is 10.0. The highest BCUT2D eigenvalue weighted by molar-refractivity contribution is 5.92. The molecule has 2 heterocycles. The molecule has 1 unspecified atom stereocenters. The summed E-state index contributed by atoms with van der Waals surface area (Å²) in [5, 5.41) is 2.85.